The topological polar surface area (TPSA) is 53.2 Å². The molecule has 1 heterocycles. The van der Waals surface area contributed by atoms with Crippen LogP contribution in [0.4, 0.5) is 0 Å². The minimum atomic E-state index is -0.0684. The molecule has 0 N–H and O–H groups in total. The molecule has 132 valence electrons. The zero-order valence-electron chi connectivity index (χ0n) is 14.4. The standard InChI is InChI=1S/C21H20N2O3/c24-18-10-6-16(7-11-18)22-14-15-23(21(22)25)17-8-12-20(13-9-17)26-19-4-2-1-3-5-19/h1-5,8-9,12-16H,6-7,10-11H2. The number of Topliss-reactive ketones (excluding diaryl/α,β-unsaturated/α-hetero) is 1. The third-order valence-electron chi connectivity index (χ3n) is 4.80. The van der Waals surface area contributed by atoms with E-state index in [9.17, 15) is 9.59 Å². The predicted molar refractivity (Wildman–Crippen MR) is 99.1 cm³/mol. The summed E-state index contributed by atoms with van der Waals surface area (Å²) < 4.78 is 9.16. The van der Waals surface area contributed by atoms with Crippen LogP contribution in [0.3, 0.4) is 0 Å². The highest BCUT2D eigenvalue weighted by molar-refractivity contribution is 5.79. The van der Waals surface area contributed by atoms with Crippen LogP contribution in [0.2, 0.25) is 0 Å². The molecule has 1 aromatic heterocycles. The minimum Gasteiger partial charge on any atom is -0.457 e. The fraction of sp³-hybridized carbons (Fsp3) is 0.238. The van der Waals surface area contributed by atoms with Crippen molar-refractivity contribution in [3.05, 3.63) is 77.5 Å². The van der Waals surface area contributed by atoms with E-state index in [1.165, 1.54) is 0 Å². The zero-order valence-corrected chi connectivity index (χ0v) is 14.4. The summed E-state index contributed by atoms with van der Waals surface area (Å²) in [5.74, 6) is 1.79. The molecule has 3 aromatic rings. The summed E-state index contributed by atoms with van der Waals surface area (Å²) in [4.78, 5) is 24.1. The van der Waals surface area contributed by atoms with E-state index < -0.39 is 0 Å². The van der Waals surface area contributed by atoms with Crippen LogP contribution in [-0.4, -0.2) is 14.9 Å². The maximum Gasteiger partial charge on any atom is 0.332 e. The number of ketones is 1. The second-order valence-corrected chi connectivity index (χ2v) is 6.54. The molecule has 1 fully saturated rings. The fourth-order valence-electron chi connectivity index (χ4n) is 3.37. The molecule has 0 unspecified atom stereocenters. The molecule has 0 amide bonds. The van der Waals surface area contributed by atoms with Crippen molar-refractivity contribution < 1.29 is 9.53 Å². The first-order valence-electron chi connectivity index (χ1n) is 8.85. The zero-order chi connectivity index (χ0) is 17.9. The van der Waals surface area contributed by atoms with Gasteiger partial charge in [0.2, 0.25) is 0 Å². The van der Waals surface area contributed by atoms with Crippen LogP contribution in [0.1, 0.15) is 31.7 Å². The number of imidazole rings is 1. The quantitative estimate of drug-likeness (QED) is 0.713. The molecule has 0 aliphatic heterocycles. The van der Waals surface area contributed by atoms with Gasteiger partial charge in [-0.2, -0.15) is 0 Å². The van der Waals surface area contributed by atoms with E-state index in [0.717, 1.165) is 30.0 Å². The number of aromatic nitrogens is 2. The number of hydrogen-bond acceptors (Lipinski definition) is 3. The Labute approximate surface area is 151 Å². The van der Waals surface area contributed by atoms with Gasteiger partial charge >= 0.3 is 5.69 Å². The minimum absolute atomic E-state index is 0.0684. The molecule has 4 rings (SSSR count). The molecular formula is C21H20N2O3. The van der Waals surface area contributed by atoms with Gasteiger partial charge in [0.1, 0.15) is 17.3 Å². The Bertz CT molecular complexity index is 945. The Morgan fingerprint density at radius 3 is 2.15 bits per heavy atom. The summed E-state index contributed by atoms with van der Waals surface area (Å²) in [6, 6.07) is 17.1. The van der Waals surface area contributed by atoms with E-state index in [4.69, 9.17) is 4.74 Å². The number of nitrogens with zero attached hydrogens (tertiary/aromatic N) is 2. The monoisotopic (exact) mass is 348 g/mol. The molecule has 0 atom stereocenters. The first-order valence-corrected chi connectivity index (χ1v) is 8.85. The van der Waals surface area contributed by atoms with Gasteiger partial charge in [0.05, 0.1) is 5.69 Å². The molecule has 5 heteroatoms. The summed E-state index contributed by atoms with van der Waals surface area (Å²) in [7, 11) is 0. The van der Waals surface area contributed by atoms with Crippen LogP contribution in [0.15, 0.2) is 71.8 Å². The van der Waals surface area contributed by atoms with Crippen molar-refractivity contribution in [1.29, 1.82) is 0 Å². The lowest BCUT2D eigenvalue weighted by molar-refractivity contribution is -0.120. The third-order valence-corrected chi connectivity index (χ3v) is 4.80. The Morgan fingerprint density at radius 2 is 1.46 bits per heavy atom. The number of ether oxygens (including phenoxy) is 1. The fourth-order valence-corrected chi connectivity index (χ4v) is 3.37. The number of para-hydroxylation sites is 1. The second kappa shape index (κ2) is 7.04. The van der Waals surface area contributed by atoms with E-state index in [-0.39, 0.29) is 11.7 Å². The van der Waals surface area contributed by atoms with E-state index in [1.807, 2.05) is 60.8 Å². The van der Waals surface area contributed by atoms with Crippen molar-refractivity contribution in [2.24, 2.45) is 0 Å². The van der Waals surface area contributed by atoms with E-state index in [0.29, 0.717) is 18.6 Å². The van der Waals surface area contributed by atoms with Crippen LogP contribution < -0.4 is 10.4 Å². The molecule has 26 heavy (non-hydrogen) atoms. The lowest BCUT2D eigenvalue weighted by atomic mass is 9.94. The predicted octanol–water partition coefficient (Wildman–Crippen LogP) is 4.12. The molecule has 0 spiro atoms. The summed E-state index contributed by atoms with van der Waals surface area (Å²) in [6.07, 6.45) is 6.21. The van der Waals surface area contributed by atoms with Gasteiger partial charge in [-0.15, -0.1) is 0 Å². The Kier molecular flexibility index (Phi) is 4.44. The Morgan fingerprint density at radius 1 is 0.808 bits per heavy atom. The average molecular weight is 348 g/mol. The lowest BCUT2D eigenvalue weighted by Crippen LogP contribution is -2.29. The van der Waals surface area contributed by atoms with Gasteiger partial charge in [0.15, 0.2) is 0 Å². The van der Waals surface area contributed by atoms with E-state index in [2.05, 4.69) is 0 Å². The van der Waals surface area contributed by atoms with Gasteiger partial charge in [-0.3, -0.25) is 13.9 Å². The molecular weight excluding hydrogens is 328 g/mol. The summed E-state index contributed by atoms with van der Waals surface area (Å²) in [5, 5.41) is 0. The van der Waals surface area contributed by atoms with Crippen molar-refractivity contribution in [2.75, 3.05) is 0 Å². The van der Waals surface area contributed by atoms with Crippen LogP contribution in [0, 0.1) is 0 Å². The van der Waals surface area contributed by atoms with Crippen molar-refractivity contribution in [3.63, 3.8) is 0 Å². The van der Waals surface area contributed by atoms with Gasteiger partial charge in [-0.25, -0.2) is 4.79 Å². The van der Waals surface area contributed by atoms with Gasteiger partial charge in [-0.1, -0.05) is 18.2 Å². The lowest BCUT2D eigenvalue weighted by Gasteiger charge is -2.21. The average Bonchev–Trinajstić information content (AvgIpc) is 3.05. The highest BCUT2D eigenvalue weighted by Gasteiger charge is 2.22. The van der Waals surface area contributed by atoms with Gasteiger partial charge < -0.3 is 4.74 Å². The molecule has 1 aliphatic carbocycles. The molecule has 0 saturated heterocycles. The van der Waals surface area contributed by atoms with Crippen molar-refractivity contribution in [3.8, 4) is 17.2 Å². The van der Waals surface area contributed by atoms with Crippen molar-refractivity contribution >= 4 is 5.78 Å². The van der Waals surface area contributed by atoms with Crippen LogP contribution >= 0.6 is 0 Å². The number of carbonyl (C=O) groups is 1. The third kappa shape index (κ3) is 3.33. The smallest absolute Gasteiger partial charge is 0.332 e. The maximum atomic E-state index is 12.7. The Hall–Kier alpha value is -3.08. The number of carbonyl (C=O) groups excluding carboxylic acids is 1. The van der Waals surface area contributed by atoms with Gasteiger partial charge in [0.25, 0.3) is 0 Å². The number of hydrogen-bond donors (Lipinski definition) is 0. The molecule has 0 radical (unpaired) electrons. The van der Waals surface area contributed by atoms with Gasteiger partial charge in [0, 0.05) is 31.3 Å². The van der Waals surface area contributed by atoms with Crippen molar-refractivity contribution in [2.45, 2.75) is 31.7 Å². The molecule has 1 saturated carbocycles. The number of benzene rings is 2. The van der Waals surface area contributed by atoms with Crippen LogP contribution in [0.5, 0.6) is 11.5 Å². The highest BCUT2D eigenvalue weighted by Crippen LogP contribution is 2.26. The second-order valence-electron chi connectivity index (χ2n) is 6.54. The number of rotatable bonds is 4. The molecule has 1 aliphatic rings. The SMILES string of the molecule is O=C1CCC(n2ccn(-c3ccc(Oc4ccccc4)cc3)c2=O)CC1. The first-order chi connectivity index (χ1) is 12.7. The highest BCUT2D eigenvalue weighted by atomic mass is 16.5. The summed E-state index contributed by atoms with van der Waals surface area (Å²) >= 11 is 0. The van der Waals surface area contributed by atoms with Crippen LogP contribution in [0.25, 0.3) is 5.69 Å². The maximum absolute atomic E-state index is 12.7. The van der Waals surface area contributed by atoms with Crippen LogP contribution in [-0.2, 0) is 4.79 Å². The van der Waals surface area contributed by atoms with E-state index in [1.54, 1.807) is 15.3 Å². The normalized spacial score (nSPS) is 15.2. The summed E-state index contributed by atoms with van der Waals surface area (Å²) in [5.41, 5.74) is 0.724. The largest absolute Gasteiger partial charge is 0.457 e. The van der Waals surface area contributed by atoms with Gasteiger partial charge in [-0.05, 0) is 49.2 Å². The summed E-state index contributed by atoms with van der Waals surface area (Å²) in [6.45, 7) is 0. The molecule has 5 nitrogen and oxygen atoms in total. The molecule has 0 bridgehead atoms. The van der Waals surface area contributed by atoms with Crippen molar-refractivity contribution in [1.82, 2.24) is 9.13 Å². The van der Waals surface area contributed by atoms with E-state index >= 15 is 0 Å². The first kappa shape index (κ1) is 16.4. The Balaban J connectivity index is 1.53. The molecule has 2 aromatic carbocycles.